The molecule has 0 aliphatic rings. The van der Waals surface area contributed by atoms with Crippen molar-refractivity contribution in [3.8, 4) is 0 Å². The van der Waals surface area contributed by atoms with E-state index in [1.165, 1.54) is 0 Å². The minimum absolute atomic E-state index is 0. The van der Waals surface area contributed by atoms with Gasteiger partial charge >= 0.3 is 0 Å². The summed E-state index contributed by atoms with van der Waals surface area (Å²) in [5.74, 6) is 0. The fourth-order valence-electron chi connectivity index (χ4n) is 0. The molecule has 0 aliphatic heterocycles. The fourth-order valence-corrected chi connectivity index (χ4v) is 0. The van der Waals surface area contributed by atoms with Crippen LogP contribution in [-0.4, -0.2) is 18.9 Å². The van der Waals surface area contributed by atoms with Crippen LogP contribution in [0.25, 0.3) is 0 Å². The van der Waals surface area contributed by atoms with Crippen molar-refractivity contribution in [3.05, 3.63) is 0 Å². The summed E-state index contributed by atoms with van der Waals surface area (Å²) < 4.78 is 0. The van der Waals surface area contributed by atoms with Gasteiger partial charge in [0.1, 0.15) is 0 Å². The van der Waals surface area contributed by atoms with E-state index in [1.54, 1.807) is 0 Å². The third-order valence-electron chi connectivity index (χ3n) is 0. The van der Waals surface area contributed by atoms with Crippen LogP contribution in [0, 0.1) is 0 Å². The molecule has 0 fully saturated rings. The molecule has 0 saturated carbocycles. The van der Waals surface area contributed by atoms with Crippen molar-refractivity contribution < 1.29 is 60.1 Å². The van der Waals surface area contributed by atoms with Crippen LogP contribution in [0.15, 0.2) is 0 Å². The normalized spacial score (nSPS) is 0. The van der Waals surface area contributed by atoms with E-state index in [4.69, 9.17) is 0 Å². The molecule has 0 rings (SSSR count). The molecule has 4 heteroatoms. The maximum absolute atomic E-state index is 0. The Bertz CT molecular complexity index is 8.00. The minimum Gasteiger partial charge on any atom is 0 e. The standard InChI is InChI=1S/Co.Fe.Li.Zr. The van der Waals surface area contributed by atoms with Gasteiger partial charge in [-0.05, 0) is 0 Å². The van der Waals surface area contributed by atoms with Gasteiger partial charge in [0, 0.05) is 78.9 Å². The van der Waals surface area contributed by atoms with E-state index in [0.29, 0.717) is 0 Å². The SMILES string of the molecule is [Co].[Fe].[Li].[Zr]. The smallest absolute Gasteiger partial charge is 0 e. The van der Waals surface area contributed by atoms with Gasteiger partial charge in [0.2, 0.25) is 0 Å². The zero-order valence-electron chi connectivity index (χ0n) is 2.19. The summed E-state index contributed by atoms with van der Waals surface area (Å²) in [6, 6.07) is 0. The zero-order chi connectivity index (χ0) is 0. The average Bonchev–Trinajstić information content (AvgIpc) is 0. The van der Waals surface area contributed by atoms with E-state index < -0.39 is 0 Å². The number of hydrogen-bond acceptors (Lipinski definition) is 0. The Labute approximate surface area is 77.8 Å². The first-order valence-corrected chi connectivity index (χ1v) is 0. The molecule has 0 nitrogen and oxygen atoms in total. The van der Waals surface area contributed by atoms with Crippen molar-refractivity contribution in [2.75, 3.05) is 0 Å². The van der Waals surface area contributed by atoms with Gasteiger partial charge in [-0.25, -0.2) is 0 Å². The van der Waals surface area contributed by atoms with E-state index in [0.717, 1.165) is 0 Å². The van der Waals surface area contributed by atoms with Crippen LogP contribution in [0.2, 0.25) is 0 Å². The van der Waals surface area contributed by atoms with Crippen molar-refractivity contribution in [3.63, 3.8) is 0 Å². The van der Waals surface area contributed by atoms with Gasteiger partial charge in [0.15, 0.2) is 0 Å². The van der Waals surface area contributed by atoms with Gasteiger partial charge in [0.25, 0.3) is 0 Å². The minimum atomic E-state index is 0. The molecule has 0 saturated heterocycles. The third kappa shape index (κ3) is 8.82. The van der Waals surface area contributed by atoms with Gasteiger partial charge in [-0.2, -0.15) is 0 Å². The van der Waals surface area contributed by atoms with Crippen LogP contribution in [-0.2, 0) is 60.1 Å². The van der Waals surface area contributed by atoms with Crippen LogP contribution in [0.1, 0.15) is 0 Å². The Morgan fingerprint density at radius 1 is 1.00 bits per heavy atom. The average molecular weight is 213 g/mol. The Balaban J connectivity index is 0. The molecule has 0 atom stereocenters. The van der Waals surface area contributed by atoms with Crippen LogP contribution in [0.4, 0.5) is 0 Å². The Hall–Kier alpha value is 2.51. The molecular weight excluding hydrogens is 213 g/mol. The van der Waals surface area contributed by atoms with Gasteiger partial charge < -0.3 is 0 Å². The quantitative estimate of drug-likeness (QED) is 0.481. The van der Waals surface area contributed by atoms with Crippen LogP contribution in [0.5, 0.6) is 0 Å². The van der Waals surface area contributed by atoms with Gasteiger partial charge in [-0.3, -0.25) is 0 Å². The molecule has 0 spiro atoms. The Morgan fingerprint density at radius 2 is 1.00 bits per heavy atom. The first-order valence-electron chi connectivity index (χ1n) is 0. The molecule has 22 valence electrons. The maximum atomic E-state index is 0. The van der Waals surface area contributed by atoms with Crippen molar-refractivity contribution in [1.29, 1.82) is 0 Å². The summed E-state index contributed by atoms with van der Waals surface area (Å²) in [5.41, 5.74) is 0. The summed E-state index contributed by atoms with van der Waals surface area (Å²) in [6.07, 6.45) is 0. The summed E-state index contributed by atoms with van der Waals surface area (Å²) in [5, 5.41) is 0. The zero-order valence-corrected chi connectivity index (χ0v) is 6.79. The summed E-state index contributed by atoms with van der Waals surface area (Å²) in [4.78, 5) is 0. The molecule has 0 aromatic carbocycles. The molecule has 0 heterocycles. The third-order valence-corrected chi connectivity index (χ3v) is 0. The number of hydrogen-bond donors (Lipinski definition) is 0. The molecule has 4 heavy (non-hydrogen) atoms. The van der Waals surface area contributed by atoms with Crippen molar-refractivity contribution in [2.24, 2.45) is 0 Å². The molecule has 0 aromatic rings. The maximum Gasteiger partial charge on any atom is 0 e. The first-order chi connectivity index (χ1) is 0. The predicted octanol–water partition coefficient (Wildman–Crippen LogP) is -0.388. The molecular formula is CoFeLiZr. The monoisotopic (exact) mass is 212 g/mol. The molecule has 0 aliphatic carbocycles. The second-order valence-electron chi connectivity index (χ2n) is 0. The van der Waals surface area contributed by atoms with E-state index >= 15 is 0 Å². The summed E-state index contributed by atoms with van der Waals surface area (Å²) >= 11 is 0. The first kappa shape index (κ1) is 31.4. The molecule has 0 amide bonds. The second kappa shape index (κ2) is 17.8. The summed E-state index contributed by atoms with van der Waals surface area (Å²) in [7, 11) is 0. The van der Waals surface area contributed by atoms with Crippen molar-refractivity contribution in [2.45, 2.75) is 0 Å². The van der Waals surface area contributed by atoms with E-state index in [2.05, 4.69) is 0 Å². The molecule has 0 N–H and O–H groups in total. The Morgan fingerprint density at radius 3 is 1.00 bits per heavy atom. The summed E-state index contributed by atoms with van der Waals surface area (Å²) in [6.45, 7) is 0. The molecule has 0 bridgehead atoms. The van der Waals surface area contributed by atoms with Gasteiger partial charge in [-0.1, -0.05) is 0 Å². The van der Waals surface area contributed by atoms with Crippen LogP contribution in [0.3, 0.4) is 0 Å². The topological polar surface area (TPSA) is 0 Å². The Kier molecular flexibility index (Phi) is 140. The van der Waals surface area contributed by atoms with Crippen molar-refractivity contribution in [1.82, 2.24) is 0 Å². The molecule has 0 unspecified atom stereocenters. The van der Waals surface area contributed by atoms with Crippen LogP contribution < -0.4 is 0 Å². The molecule has 2 radical (unpaired) electrons. The second-order valence-corrected chi connectivity index (χ2v) is 0. The van der Waals surface area contributed by atoms with E-state index in [1.807, 2.05) is 0 Å². The van der Waals surface area contributed by atoms with Crippen molar-refractivity contribution >= 4 is 18.9 Å². The van der Waals surface area contributed by atoms with Crippen LogP contribution >= 0.6 is 0 Å². The fraction of sp³-hybridized carbons (Fsp3) is 0. The number of rotatable bonds is 0. The molecule has 0 aromatic heterocycles. The van der Waals surface area contributed by atoms with Gasteiger partial charge in [0.05, 0.1) is 0 Å². The van der Waals surface area contributed by atoms with E-state index in [9.17, 15) is 0 Å². The van der Waals surface area contributed by atoms with E-state index in [-0.39, 0.29) is 78.9 Å². The largest absolute Gasteiger partial charge is 0 e. The van der Waals surface area contributed by atoms with Gasteiger partial charge in [-0.15, -0.1) is 0 Å². The predicted molar refractivity (Wildman–Crippen MR) is 5.75 cm³/mol.